The molecule has 0 aromatic carbocycles. The molecule has 38 heavy (non-hydrogen) atoms. The second-order valence-corrected chi connectivity index (χ2v) is 11.5. The van der Waals surface area contributed by atoms with Crippen LogP contribution in [0, 0.1) is 0 Å². The average Bonchev–Trinajstić information content (AvgIpc) is 3.55. The molecule has 0 radical (unpaired) electrons. The Balaban J connectivity index is 1.37. The molecule has 0 amide bonds. The van der Waals surface area contributed by atoms with Crippen molar-refractivity contribution in [3.8, 4) is 0 Å². The maximum atomic E-state index is 12.5. The summed E-state index contributed by atoms with van der Waals surface area (Å²) in [5.41, 5.74) is 0.269. The fourth-order valence-electron chi connectivity index (χ4n) is 4.39. The molecule has 17 nitrogen and oxygen atoms in total. The van der Waals surface area contributed by atoms with Crippen LogP contribution in [0.1, 0.15) is 31.3 Å². The molecular weight excluding hydrogens is 549 g/mol. The predicted molar refractivity (Wildman–Crippen MR) is 128 cm³/mol. The fourth-order valence-corrected chi connectivity index (χ4v) is 5.44. The van der Waals surface area contributed by atoms with E-state index in [0.29, 0.717) is 11.2 Å². The van der Waals surface area contributed by atoms with Crippen LogP contribution >= 0.6 is 19.2 Å². The maximum absolute atomic E-state index is 12.5. The Morgan fingerprint density at radius 2 is 2.11 bits per heavy atom. The van der Waals surface area contributed by atoms with Crippen LogP contribution in [-0.2, 0) is 25.2 Å². The minimum Gasteiger partial charge on any atom is -0.387 e. The summed E-state index contributed by atoms with van der Waals surface area (Å²) in [6.45, 7) is -1.05. The molecule has 5 rings (SSSR count). The molecule has 6 N–H and O–H groups in total. The number of aliphatic hydroxyl groups excluding tert-OH is 2. The van der Waals surface area contributed by atoms with E-state index in [4.69, 9.17) is 25.8 Å². The molecule has 2 aliphatic rings. The lowest BCUT2D eigenvalue weighted by molar-refractivity contribution is -0.113. The lowest BCUT2D eigenvalue weighted by atomic mass is 9.93. The van der Waals surface area contributed by atoms with Gasteiger partial charge in [-0.15, -0.1) is 10.2 Å². The number of tetrazole rings is 1. The Labute approximate surface area is 220 Å². The third kappa shape index (κ3) is 5.13. The van der Waals surface area contributed by atoms with E-state index in [0.717, 1.165) is 19.3 Å². The van der Waals surface area contributed by atoms with Gasteiger partial charge in [-0.05, 0) is 30.9 Å². The fraction of sp³-hybridized carbons (Fsp3) is 0.684. The molecule has 0 spiro atoms. The molecule has 208 valence electrons. The van der Waals surface area contributed by atoms with Gasteiger partial charge in [0.25, 0.3) is 0 Å². The third-order valence-electron chi connectivity index (χ3n) is 6.69. The van der Waals surface area contributed by atoms with Crippen LogP contribution in [0.2, 0.25) is 5.28 Å². The largest absolute Gasteiger partial charge is 0.387 e. The summed E-state index contributed by atoms with van der Waals surface area (Å²) in [5, 5.41) is 40.5. The zero-order chi connectivity index (χ0) is 27.1. The van der Waals surface area contributed by atoms with Gasteiger partial charge in [0.2, 0.25) is 5.28 Å². The van der Waals surface area contributed by atoms with E-state index in [-0.39, 0.29) is 22.8 Å². The van der Waals surface area contributed by atoms with Gasteiger partial charge in [-0.3, -0.25) is 4.57 Å². The first-order valence-corrected chi connectivity index (χ1v) is 13.7. The van der Waals surface area contributed by atoms with Gasteiger partial charge in [0.05, 0.1) is 31.2 Å². The van der Waals surface area contributed by atoms with E-state index in [1.54, 1.807) is 0 Å². The number of rotatable bonds is 11. The number of nitrogens with one attached hydrogen (secondary N) is 2. The Kier molecular flexibility index (Phi) is 7.65. The number of aromatic nitrogens is 8. The lowest BCUT2D eigenvalue weighted by Crippen LogP contribution is -2.44. The summed E-state index contributed by atoms with van der Waals surface area (Å²) in [7, 11) is -3.75. The Morgan fingerprint density at radius 1 is 1.32 bits per heavy atom. The van der Waals surface area contributed by atoms with Crippen LogP contribution < -0.4 is 5.32 Å². The monoisotopic (exact) mass is 575 g/mol. The van der Waals surface area contributed by atoms with Gasteiger partial charge in [-0.1, -0.05) is 5.21 Å². The highest BCUT2D eigenvalue weighted by Gasteiger charge is 2.52. The number of ether oxygens (including phenoxy) is 3. The Bertz CT molecular complexity index is 1300. The topological polar surface area (TPSA) is 236 Å². The van der Waals surface area contributed by atoms with Crippen LogP contribution in [0.4, 0.5) is 5.82 Å². The molecule has 19 heteroatoms. The van der Waals surface area contributed by atoms with Gasteiger partial charge >= 0.3 is 7.60 Å². The summed E-state index contributed by atoms with van der Waals surface area (Å²) in [5.74, 6) is 0.471. The summed E-state index contributed by atoms with van der Waals surface area (Å²) >= 11 is 6.15. The molecule has 3 aromatic heterocycles. The summed E-state index contributed by atoms with van der Waals surface area (Å²) in [4.78, 5) is 28.7. The number of H-pyrrole nitrogens is 1. The number of fused-ring (bicyclic) bond motifs is 1. The molecule has 0 unspecified atom stereocenters. The van der Waals surface area contributed by atoms with E-state index in [1.165, 1.54) is 18.0 Å². The molecule has 4 heterocycles. The normalized spacial score (nSPS) is 25.9. The number of hydrogen-bond acceptors (Lipinski definition) is 13. The first kappa shape index (κ1) is 27.2. The van der Waals surface area contributed by atoms with Gasteiger partial charge in [0.15, 0.2) is 23.0 Å². The van der Waals surface area contributed by atoms with Gasteiger partial charge in [-0.25, -0.2) is 4.68 Å². The van der Waals surface area contributed by atoms with Gasteiger partial charge in [-0.2, -0.15) is 20.3 Å². The van der Waals surface area contributed by atoms with Gasteiger partial charge < -0.3 is 39.5 Å². The van der Waals surface area contributed by atoms with E-state index >= 15 is 0 Å². The Morgan fingerprint density at radius 3 is 2.74 bits per heavy atom. The van der Waals surface area contributed by atoms with Crippen LogP contribution in [0.3, 0.4) is 0 Å². The van der Waals surface area contributed by atoms with Crippen LogP contribution in [0.25, 0.3) is 11.0 Å². The number of halogens is 1. The number of hydrogen-bond donors (Lipinski definition) is 6. The van der Waals surface area contributed by atoms with Crippen LogP contribution in [0.15, 0.2) is 6.20 Å². The number of nitrogens with zero attached hydrogens (tertiary/aromatic N) is 7. The third-order valence-corrected chi connectivity index (χ3v) is 8.34. The van der Waals surface area contributed by atoms with Crippen LogP contribution in [0.5, 0.6) is 0 Å². The molecule has 3 aromatic rings. The zero-order valence-electron chi connectivity index (χ0n) is 20.1. The molecule has 1 aliphatic carbocycles. The molecule has 2 fully saturated rings. The van der Waals surface area contributed by atoms with E-state index in [9.17, 15) is 24.6 Å². The minimum absolute atomic E-state index is 0.0259. The lowest BCUT2D eigenvalue weighted by Gasteiger charge is -2.33. The average molecular weight is 576 g/mol. The van der Waals surface area contributed by atoms with Crippen molar-refractivity contribution >= 4 is 36.0 Å². The first-order valence-electron chi connectivity index (χ1n) is 11.7. The number of aliphatic hydroxyl groups is 2. The maximum Gasteiger partial charge on any atom is 0.359 e. The van der Waals surface area contributed by atoms with E-state index < -0.39 is 57.1 Å². The van der Waals surface area contributed by atoms with Crippen molar-refractivity contribution in [2.75, 3.05) is 25.6 Å². The van der Waals surface area contributed by atoms with Crippen molar-refractivity contribution < 1.29 is 38.8 Å². The summed E-state index contributed by atoms with van der Waals surface area (Å²) in [6, 6.07) is 0.262. The highest BCUT2D eigenvalue weighted by Crippen LogP contribution is 2.53. The van der Waals surface area contributed by atoms with Crippen molar-refractivity contribution in [2.45, 2.75) is 61.6 Å². The first-order chi connectivity index (χ1) is 18.1. The second-order valence-electron chi connectivity index (χ2n) is 9.23. The number of aromatic amines is 1. The number of anilines is 1. The molecule has 1 aliphatic heterocycles. The minimum atomic E-state index is -5.00. The van der Waals surface area contributed by atoms with Gasteiger partial charge in [0.1, 0.15) is 24.1 Å². The van der Waals surface area contributed by atoms with Crippen molar-refractivity contribution in [3.05, 3.63) is 17.3 Å². The molecular formula is C19H27ClN9O8P. The Hall–Kier alpha value is -2.34. The number of methoxy groups -OCH3 is 1. The predicted octanol–water partition coefficient (Wildman–Crippen LogP) is -0.644. The highest BCUT2D eigenvalue weighted by atomic mass is 35.5. The van der Waals surface area contributed by atoms with E-state index in [2.05, 4.69) is 41.0 Å². The summed E-state index contributed by atoms with van der Waals surface area (Å²) < 4.78 is 30.3. The van der Waals surface area contributed by atoms with Gasteiger partial charge in [0, 0.05) is 13.2 Å². The molecule has 1 saturated heterocycles. The van der Waals surface area contributed by atoms with E-state index in [1.807, 2.05) is 0 Å². The summed E-state index contributed by atoms with van der Waals surface area (Å²) in [6.07, 6.45) is -1.21. The van der Waals surface area contributed by atoms with Crippen LogP contribution in [-0.4, -0.2) is 110 Å². The van der Waals surface area contributed by atoms with Crippen molar-refractivity contribution in [3.63, 3.8) is 0 Å². The van der Waals surface area contributed by atoms with Crippen molar-refractivity contribution in [1.82, 2.24) is 40.4 Å². The molecule has 0 bridgehead atoms. The molecule has 5 atom stereocenters. The smallest absolute Gasteiger partial charge is 0.359 e. The van der Waals surface area contributed by atoms with Crippen molar-refractivity contribution in [1.29, 1.82) is 0 Å². The molecule has 1 saturated carbocycles. The highest BCUT2D eigenvalue weighted by molar-refractivity contribution is 7.53. The zero-order valence-corrected chi connectivity index (χ0v) is 21.7. The SMILES string of the molecule is COC[C@@](Cc1nn[nH]n1)(OC[C@H]1O[C@@H](n2ncc3c(NC4CCC4)nc(Cl)nc32)[C@H](O)[C@@H]1O)P(=O)(O)O. The standard InChI is InChI=1S/C19H27ClN9O8P/c1-35-8-19(38(32,33)34,5-12-25-27-28-26-12)36-7-11-13(30)14(31)17(37-11)29-16-10(6-21-29)15(23-18(20)24-16)22-9-3-2-4-9/h6,9,11,13-14,17,30-31H,2-5,7-8H2,1H3,(H,22,23,24)(H2,32,33,34)(H,25,26,27,28)/t11-,13-,14-,17-,19+/m1/s1. The second kappa shape index (κ2) is 10.7. The van der Waals surface area contributed by atoms with Crippen molar-refractivity contribution in [2.24, 2.45) is 0 Å². The quantitative estimate of drug-likeness (QED) is 0.123.